The van der Waals surface area contributed by atoms with Crippen LogP contribution in [0.15, 0.2) is 18.2 Å². The van der Waals surface area contributed by atoms with Crippen molar-refractivity contribution in [1.29, 1.82) is 0 Å². The first-order valence-corrected chi connectivity index (χ1v) is 8.75. The monoisotopic (exact) mass is 354 g/mol. The van der Waals surface area contributed by atoms with Gasteiger partial charge in [-0.25, -0.2) is 0 Å². The number of rotatable bonds is 3. The van der Waals surface area contributed by atoms with E-state index in [9.17, 15) is 9.59 Å². The second kappa shape index (κ2) is 6.70. The molecule has 2 amide bonds. The first-order chi connectivity index (χ1) is 10.9. The normalized spacial score (nSPS) is 26.7. The number of benzene rings is 1. The Balaban J connectivity index is 1.57. The molecule has 1 aliphatic carbocycles. The van der Waals surface area contributed by atoms with Crippen LogP contribution in [0.25, 0.3) is 0 Å². The van der Waals surface area contributed by atoms with Crippen molar-refractivity contribution in [2.75, 3.05) is 18.4 Å². The quantitative estimate of drug-likeness (QED) is 0.896. The van der Waals surface area contributed by atoms with Crippen molar-refractivity contribution in [3.05, 3.63) is 28.2 Å². The average molecular weight is 355 g/mol. The maximum absolute atomic E-state index is 12.5. The molecule has 0 radical (unpaired) electrons. The molecule has 0 bridgehead atoms. The van der Waals surface area contributed by atoms with E-state index in [0.29, 0.717) is 28.1 Å². The number of nitrogens with one attached hydrogen (secondary N) is 1. The highest BCUT2D eigenvalue weighted by molar-refractivity contribution is 6.35. The Kier molecular flexibility index (Phi) is 4.83. The fourth-order valence-corrected chi connectivity index (χ4v) is 3.77. The molecule has 2 fully saturated rings. The van der Waals surface area contributed by atoms with Crippen molar-refractivity contribution < 1.29 is 9.59 Å². The van der Waals surface area contributed by atoms with Crippen LogP contribution >= 0.6 is 23.2 Å². The molecule has 0 spiro atoms. The van der Waals surface area contributed by atoms with Gasteiger partial charge < -0.3 is 10.2 Å². The van der Waals surface area contributed by atoms with E-state index < -0.39 is 0 Å². The number of halogens is 2. The van der Waals surface area contributed by atoms with Crippen LogP contribution < -0.4 is 5.32 Å². The molecule has 1 N–H and O–H groups in total. The summed E-state index contributed by atoms with van der Waals surface area (Å²) in [4.78, 5) is 26.7. The number of likely N-dealkylation sites (tertiary alicyclic amines) is 1. The second-order valence-electron chi connectivity index (χ2n) is 6.63. The molecule has 3 unspecified atom stereocenters. The van der Waals surface area contributed by atoms with Crippen LogP contribution in [-0.2, 0) is 9.59 Å². The maximum atomic E-state index is 12.5. The summed E-state index contributed by atoms with van der Waals surface area (Å²) >= 11 is 11.9. The lowest BCUT2D eigenvalue weighted by Crippen LogP contribution is -2.40. The number of carbonyl (C=O) groups excluding carboxylic acids is 2. The highest BCUT2D eigenvalue weighted by Gasteiger charge is 2.49. The molecule has 0 aromatic heterocycles. The number of hydrogen-bond donors (Lipinski definition) is 1. The van der Waals surface area contributed by atoms with E-state index in [-0.39, 0.29) is 23.7 Å². The molecule has 1 aromatic carbocycles. The van der Waals surface area contributed by atoms with Gasteiger partial charge in [0.1, 0.15) is 0 Å². The topological polar surface area (TPSA) is 49.4 Å². The first kappa shape index (κ1) is 16.6. The van der Waals surface area contributed by atoms with Gasteiger partial charge in [-0.3, -0.25) is 9.59 Å². The minimum atomic E-state index is -0.238. The Morgan fingerprint density at radius 1 is 1.17 bits per heavy atom. The van der Waals surface area contributed by atoms with Crippen LogP contribution in [-0.4, -0.2) is 29.8 Å². The summed E-state index contributed by atoms with van der Waals surface area (Å²) in [5.41, 5.74) is 0.567. The predicted octanol–water partition coefficient (Wildman–Crippen LogP) is 3.83. The molecule has 3 atom stereocenters. The average Bonchev–Trinajstić information content (AvgIpc) is 3.25. The molecule has 1 aromatic rings. The van der Waals surface area contributed by atoms with Crippen LogP contribution in [0.5, 0.6) is 0 Å². The Hall–Kier alpha value is -1.26. The van der Waals surface area contributed by atoms with E-state index in [4.69, 9.17) is 23.2 Å². The summed E-state index contributed by atoms with van der Waals surface area (Å²) in [7, 11) is 0. The Labute approximate surface area is 146 Å². The zero-order chi connectivity index (χ0) is 16.6. The molecule has 1 saturated carbocycles. The Morgan fingerprint density at radius 3 is 2.52 bits per heavy atom. The number of carbonyl (C=O) groups is 2. The van der Waals surface area contributed by atoms with Gasteiger partial charge in [-0.05, 0) is 43.4 Å². The molecule has 124 valence electrons. The first-order valence-electron chi connectivity index (χ1n) is 8.00. The van der Waals surface area contributed by atoms with Crippen molar-refractivity contribution in [3.8, 4) is 0 Å². The third kappa shape index (κ3) is 3.99. The molecule has 3 rings (SSSR count). The van der Waals surface area contributed by atoms with E-state index in [1.165, 1.54) is 6.42 Å². The Bertz CT molecular complexity index is 615. The van der Waals surface area contributed by atoms with Gasteiger partial charge in [0.25, 0.3) is 0 Å². The van der Waals surface area contributed by atoms with Crippen molar-refractivity contribution in [1.82, 2.24) is 4.90 Å². The molecule has 1 aliphatic heterocycles. The van der Waals surface area contributed by atoms with Gasteiger partial charge in [-0.2, -0.15) is 0 Å². The fourth-order valence-electron chi connectivity index (χ4n) is 3.24. The third-order valence-electron chi connectivity index (χ3n) is 4.54. The highest BCUT2D eigenvalue weighted by atomic mass is 35.5. The van der Waals surface area contributed by atoms with Gasteiger partial charge in [0.15, 0.2) is 0 Å². The summed E-state index contributed by atoms with van der Waals surface area (Å²) < 4.78 is 0. The molecule has 4 nitrogen and oxygen atoms in total. The van der Waals surface area contributed by atoms with Crippen LogP contribution in [0.2, 0.25) is 10.0 Å². The van der Waals surface area contributed by atoms with Gasteiger partial charge >= 0.3 is 0 Å². The largest absolute Gasteiger partial charge is 0.342 e. The second-order valence-corrected chi connectivity index (χ2v) is 7.50. The maximum Gasteiger partial charge on any atom is 0.228 e. The molecule has 1 heterocycles. The summed E-state index contributed by atoms with van der Waals surface area (Å²) in [6.07, 6.45) is 2.86. The van der Waals surface area contributed by atoms with E-state index in [1.807, 2.05) is 4.90 Å². The van der Waals surface area contributed by atoms with Crippen LogP contribution in [0.4, 0.5) is 5.69 Å². The highest BCUT2D eigenvalue weighted by Crippen LogP contribution is 2.41. The fraction of sp³-hybridized carbons (Fsp3) is 0.529. The summed E-state index contributed by atoms with van der Waals surface area (Å²) in [6.45, 7) is 3.80. The smallest absolute Gasteiger partial charge is 0.228 e. The summed E-state index contributed by atoms with van der Waals surface area (Å²) in [5.74, 6) is 0.132. The SMILES string of the molecule is CC1CCCN(C(=O)C2CC2C(=O)Nc2cc(Cl)cc(Cl)c2)C1. The molecule has 2 aliphatic rings. The van der Waals surface area contributed by atoms with E-state index in [2.05, 4.69) is 12.2 Å². The van der Waals surface area contributed by atoms with Crippen LogP contribution in [0, 0.1) is 17.8 Å². The van der Waals surface area contributed by atoms with Gasteiger partial charge in [0, 0.05) is 28.8 Å². The summed E-state index contributed by atoms with van der Waals surface area (Å²) in [5, 5.41) is 3.75. The third-order valence-corrected chi connectivity index (χ3v) is 4.98. The molecular weight excluding hydrogens is 335 g/mol. The van der Waals surface area contributed by atoms with Gasteiger partial charge in [-0.1, -0.05) is 30.1 Å². The molecule has 1 saturated heterocycles. The molecule has 23 heavy (non-hydrogen) atoms. The van der Waals surface area contributed by atoms with E-state index in [0.717, 1.165) is 19.5 Å². The summed E-state index contributed by atoms with van der Waals surface area (Å²) in [6, 6.07) is 4.91. The van der Waals surface area contributed by atoms with Gasteiger partial charge in [0.05, 0.1) is 11.8 Å². The Morgan fingerprint density at radius 2 is 1.87 bits per heavy atom. The standard InChI is InChI=1S/C17H20Cl2N2O2/c1-10-3-2-4-21(9-10)17(23)15-8-14(15)16(22)20-13-6-11(18)5-12(19)7-13/h5-7,10,14-15H,2-4,8-9H2,1H3,(H,20,22). The minimum absolute atomic E-state index is 0.126. The van der Waals surface area contributed by atoms with Crippen molar-refractivity contribution >= 4 is 40.7 Å². The van der Waals surface area contributed by atoms with Crippen molar-refractivity contribution in [2.45, 2.75) is 26.2 Å². The van der Waals surface area contributed by atoms with Crippen LogP contribution in [0.3, 0.4) is 0 Å². The lowest BCUT2D eigenvalue weighted by Gasteiger charge is -2.31. The van der Waals surface area contributed by atoms with E-state index >= 15 is 0 Å². The number of amides is 2. The predicted molar refractivity (Wildman–Crippen MR) is 91.7 cm³/mol. The van der Waals surface area contributed by atoms with Crippen molar-refractivity contribution in [2.24, 2.45) is 17.8 Å². The number of hydrogen-bond acceptors (Lipinski definition) is 2. The lowest BCUT2D eigenvalue weighted by molar-refractivity contribution is -0.135. The molecule has 6 heteroatoms. The minimum Gasteiger partial charge on any atom is -0.342 e. The zero-order valence-corrected chi connectivity index (χ0v) is 14.5. The van der Waals surface area contributed by atoms with Gasteiger partial charge in [-0.15, -0.1) is 0 Å². The van der Waals surface area contributed by atoms with Crippen LogP contribution in [0.1, 0.15) is 26.2 Å². The number of nitrogens with zero attached hydrogens (tertiary/aromatic N) is 1. The van der Waals surface area contributed by atoms with Crippen molar-refractivity contribution in [3.63, 3.8) is 0 Å². The van der Waals surface area contributed by atoms with Gasteiger partial charge in [0.2, 0.25) is 11.8 Å². The number of piperidine rings is 1. The zero-order valence-electron chi connectivity index (χ0n) is 13.0. The number of anilines is 1. The van der Waals surface area contributed by atoms with E-state index in [1.54, 1.807) is 18.2 Å². The molecular formula is C17H20Cl2N2O2. The lowest BCUT2D eigenvalue weighted by atomic mass is 10.00.